The van der Waals surface area contributed by atoms with Gasteiger partial charge >= 0.3 is 0 Å². The molecule has 3 rings (SSSR count). The number of carbonyl (C=O) groups is 1. The zero-order valence-corrected chi connectivity index (χ0v) is 11.1. The number of hydrogen-bond acceptors (Lipinski definition) is 3. The summed E-state index contributed by atoms with van der Waals surface area (Å²) < 4.78 is 5.58. The van der Waals surface area contributed by atoms with Crippen molar-refractivity contribution >= 4 is 5.91 Å². The van der Waals surface area contributed by atoms with Crippen molar-refractivity contribution in [2.75, 3.05) is 13.2 Å². The lowest BCUT2D eigenvalue weighted by molar-refractivity contribution is -0.126. The number of benzene rings is 1. The first kappa shape index (κ1) is 12.5. The molecule has 0 aromatic heterocycles. The summed E-state index contributed by atoms with van der Waals surface area (Å²) in [5.41, 5.74) is 7.76. The second-order valence-electron chi connectivity index (χ2n) is 5.56. The Bertz CT molecular complexity index is 495. The molecule has 1 amide bonds. The summed E-state index contributed by atoms with van der Waals surface area (Å²) in [6.45, 7) is 1.84. The van der Waals surface area contributed by atoms with Gasteiger partial charge in [-0.1, -0.05) is 12.1 Å². The summed E-state index contributed by atoms with van der Waals surface area (Å²) in [4.78, 5) is 12.0. The molecule has 4 nitrogen and oxygen atoms in total. The van der Waals surface area contributed by atoms with Crippen LogP contribution in [0.3, 0.4) is 0 Å². The molecule has 0 saturated heterocycles. The minimum absolute atomic E-state index is 0.101. The fourth-order valence-corrected chi connectivity index (χ4v) is 2.57. The molecule has 1 aliphatic heterocycles. The van der Waals surface area contributed by atoms with E-state index < -0.39 is 0 Å². The maximum atomic E-state index is 12.0. The fraction of sp³-hybridized carbons (Fsp3) is 0.533. The first-order chi connectivity index (χ1) is 9.23. The summed E-state index contributed by atoms with van der Waals surface area (Å²) >= 11 is 0. The zero-order chi connectivity index (χ0) is 13.3. The van der Waals surface area contributed by atoms with Crippen molar-refractivity contribution in [3.05, 3.63) is 29.3 Å². The van der Waals surface area contributed by atoms with Crippen LogP contribution in [-0.2, 0) is 17.8 Å². The highest BCUT2D eigenvalue weighted by Gasteiger charge is 2.48. The molecule has 0 spiro atoms. The fourth-order valence-electron chi connectivity index (χ4n) is 2.57. The molecule has 1 saturated carbocycles. The first-order valence-electron chi connectivity index (χ1n) is 6.96. The van der Waals surface area contributed by atoms with E-state index in [1.54, 1.807) is 0 Å². The number of ether oxygens (including phenoxy) is 1. The van der Waals surface area contributed by atoms with Gasteiger partial charge in [-0.3, -0.25) is 4.79 Å². The second kappa shape index (κ2) is 4.85. The zero-order valence-electron chi connectivity index (χ0n) is 11.1. The predicted molar refractivity (Wildman–Crippen MR) is 72.8 cm³/mol. The molecule has 19 heavy (non-hydrogen) atoms. The van der Waals surface area contributed by atoms with Gasteiger partial charge in [-0.15, -0.1) is 0 Å². The molecule has 1 aromatic carbocycles. The lowest BCUT2D eigenvalue weighted by Crippen LogP contribution is -2.36. The van der Waals surface area contributed by atoms with Crippen LogP contribution in [0.1, 0.15) is 30.4 Å². The Kier molecular flexibility index (Phi) is 3.19. The van der Waals surface area contributed by atoms with E-state index in [4.69, 9.17) is 10.5 Å². The summed E-state index contributed by atoms with van der Waals surface area (Å²) in [5.74, 6) is 1.09. The highest BCUT2D eigenvalue weighted by atomic mass is 16.5. The van der Waals surface area contributed by atoms with Gasteiger partial charge in [0.15, 0.2) is 0 Å². The third-order valence-electron chi connectivity index (χ3n) is 4.15. The Morgan fingerprint density at radius 1 is 1.42 bits per heavy atom. The van der Waals surface area contributed by atoms with E-state index in [2.05, 4.69) is 11.4 Å². The SMILES string of the molecule is NCC1(C(=O)NCc2ccc3c(c2)CCCO3)CC1. The maximum Gasteiger partial charge on any atom is 0.227 e. The number of aryl methyl sites for hydroxylation is 1. The van der Waals surface area contributed by atoms with Crippen molar-refractivity contribution in [1.29, 1.82) is 0 Å². The van der Waals surface area contributed by atoms with Gasteiger partial charge in [0.25, 0.3) is 0 Å². The van der Waals surface area contributed by atoms with E-state index >= 15 is 0 Å². The monoisotopic (exact) mass is 260 g/mol. The Labute approximate surface area is 113 Å². The normalized spacial score (nSPS) is 19.2. The third kappa shape index (κ3) is 2.45. The lowest BCUT2D eigenvalue weighted by Gasteiger charge is -2.18. The van der Waals surface area contributed by atoms with Crippen LogP contribution in [0.2, 0.25) is 0 Å². The number of hydrogen-bond donors (Lipinski definition) is 2. The van der Waals surface area contributed by atoms with Crippen molar-refractivity contribution in [3.63, 3.8) is 0 Å². The van der Waals surface area contributed by atoms with Crippen molar-refractivity contribution < 1.29 is 9.53 Å². The number of rotatable bonds is 4. The lowest BCUT2D eigenvalue weighted by atomic mass is 10.0. The molecule has 3 N–H and O–H groups in total. The van der Waals surface area contributed by atoms with Gasteiger partial charge in [-0.25, -0.2) is 0 Å². The molecule has 0 bridgehead atoms. The molecular formula is C15H20N2O2. The average Bonchev–Trinajstić information content (AvgIpc) is 3.25. The van der Waals surface area contributed by atoms with Gasteiger partial charge in [-0.2, -0.15) is 0 Å². The van der Waals surface area contributed by atoms with Crippen LogP contribution >= 0.6 is 0 Å². The van der Waals surface area contributed by atoms with E-state index in [1.807, 2.05) is 12.1 Å². The largest absolute Gasteiger partial charge is 0.493 e. The number of fused-ring (bicyclic) bond motifs is 1. The van der Waals surface area contributed by atoms with Crippen LogP contribution in [0.5, 0.6) is 5.75 Å². The Morgan fingerprint density at radius 3 is 3.00 bits per heavy atom. The molecule has 4 heteroatoms. The molecule has 102 valence electrons. The summed E-state index contributed by atoms with van der Waals surface area (Å²) in [6.07, 6.45) is 3.98. The molecule has 1 fully saturated rings. The number of carbonyl (C=O) groups excluding carboxylic acids is 1. The molecule has 0 radical (unpaired) electrons. The van der Waals surface area contributed by atoms with E-state index in [0.717, 1.165) is 43.6 Å². The van der Waals surface area contributed by atoms with Gasteiger partial charge in [0.2, 0.25) is 5.91 Å². The molecule has 1 aromatic rings. The van der Waals surface area contributed by atoms with Gasteiger partial charge in [0.1, 0.15) is 5.75 Å². The number of nitrogens with two attached hydrogens (primary N) is 1. The minimum Gasteiger partial charge on any atom is -0.493 e. The van der Waals surface area contributed by atoms with Gasteiger partial charge in [0.05, 0.1) is 12.0 Å². The van der Waals surface area contributed by atoms with Crippen LogP contribution in [0.25, 0.3) is 0 Å². The summed E-state index contributed by atoms with van der Waals surface area (Å²) in [7, 11) is 0. The summed E-state index contributed by atoms with van der Waals surface area (Å²) in [5, 5.41) is 3.00. The maximum absolute atomic E-state index is 12.0. The molecule has 0 unspecified atom stereocenters. The predicted octanol–water partition coefficient (Wildman–Crippen LogP) is 1.37. The highest BCUT2D eigenvalue weighted by molar-refractivity contribution is 5.85. The van der Waals surface area contributed by atoms with E-state index in [1.165, 1.54) is 5.56 Å². The van der Waals surface area contributed by atoms with Crippen LogP contribution < -0.4 is 15.8 Å². The highest BCUT2D eigenvalue weighted by Crippen LogP contribution is 2.44. The molecular weight excluding hydrogens is 240 g/mol. The minimum atomic E-state index is -0.267. The first-order valence-corrected chi connectivity index (χ1v) is 6.96. The molecule has 2 aliphatic rings. The van der Waals surface area contributed by atoms with Crippen LogP contribution in [-0.4, -0.2) is 19.1 Å². The van der Waals surface area contributed by atoms with Gasteiger partial charge in [0, 0.05) is 13.1 Å². The van der Waals surface area contributed by atoms with Crippen LogP contribution in [0, 0.1) is 5.41 Å². The Hall–Kier alpha value is -1.55. The van der Waals surface area contributed by atoms with E-state index in [9.17, 15) is 4.79 Å². The topological polar surface area (TPSA) is 64.4 Å². The third-order valence-corrected chi connectivity index (χ3v) is 4.15. The van der Waals surface area contributed by atoms with E-state index in [-0.39, 0.29) is 11.3 Å². The van der Waals surface area contributed by atoms with Crippen LogP contribution in [0.15, 0.2) is 18.2 Å². The molecule has 0 atom stereocenters. The number of nitrogens with one attached hydrogen (secondary N) is 1. The average molecular weight is 260 g/mol. The molecule has 1 heterocycles. The van der Waals surface area contributed by atoms with Gasteiger partial charge < -0.3 is 15.8 Å². The second-order valence-corrected chi connectivity index (χ2v) is 5.56. The van der Waals surface area contributed by atoms with Crippen molar-refractivity contribution in [2.24, 2.45) is 11.1 Å². The number of amides is 1. The Balaban J connectivity index is 1.62. The van der Waals surface area contributed by atoms with Crippen LogP contribution in [0.4, 0.5) is 0 Å². The quantitative estimate of drug-likeness (QED) is 0.859. The van der Waals surface area contributed by atoms with E-state index in [0.29, 0.717) is 13.1 Å². The van der Waals surface area contributed by atoms with Crippen molar-refractivity contribution in [3.8, 4) is 5.75 Å². The summed E-state index contributed by atoms with van der Waals surface area (Å²) in [6, 6.07) is 6.16. The van der Waals surface area contributed by atoms with Crippen molar-refractivity contribution in [1.82, 2.24) is 5.32 Å². The molecule has 1 aliphatic carbocycles. The Morgan fingerprint density at radius 2 is 2.26 bits per heavy atom. The standard InChI is InChI=1S/C15H20N2O2/c16-10-15(5-6-15)14(18)17-9-11-3-4-13-12(8-11)2-1-7-19-13/h3-4,8H,1-2,5-7,9-10,16H2,(H,17,18). The van der Waals surface area contributed by atoms with Crippen molar-refractivity contribution in [2.45, 2.75) is 32.2 Å². The smallest absolute Gasteiger partial charge is 0.227 e. The van der Waals surface area contributed by atoms with Gasteiger partial charge in [-0.05, 0) is 42.9 Å².